The second kappa shape index (κ2) is 6.78. The highest BCUT2D eigenvalue weighted by Gasteiger charge is 2.21. The number of nitrogens with two attached hydrogens (primary N) is 1. The smallest absolute Gasteiger partial charge is 0.125 e. The Morgan fingerprint density at radius 1 is 1.37 bits per heavy atom. The summed E-state index contributed by atoms with van der Waals surface area (Å²) in [5, 5.41) is 9.54. The van der Waals surface area contributed by atoms with Gasteiger partial charge in [0, 0.05) is 29.9 Å². The molecule has 1 aliphatic heterocycles. The summed E-state index contributed by atoms with van der Waals surface area (Å²) in [6, 6.07) is 6.06. The molecule has 0 bridgehead atoms. The fourth-order valence-electron chi connectivity index (χ4n) is 2.76. The Balaban J connectivity index is 2.13. The first-order valence-electron chi connectivity index (χ1n) is 7.02. The number of nitrogens with zero attached hydrogens (tertiary/aromatic N) is 1. The lowest BCUT2D eigenvalue weighted by atomic mass is 10.1. The van der Waals surface area contributed by atoms with Crippen molar-refractivity contribution in [3.05, 3.63) is 23.8 Å². The standard InChI is InChI=1S/C15H24N2O2/c1-19-15-9-13(16)7-6-12(15)10-17-8-4-2-3-5-14(17)11-18/h6-7,9,14,18H,2-5,8,10-11,16H2,1H3. The van der Waals surface area contributed by atoms with Crippen molar-refractivity contribution in [1.82, 2.24) is 4.90 Å². The third-order valence-electron chi connectivity index (χ3n) is 3.89. The molecule has 3 N–H and O–H groups in total. The first kappa shape index (κ1) is 14.2. The molecule has 0 spiro atoms. The van der Waals surface area contributed by atoms with E-state index in [4.69, 9.17) is 10.5 Å². The van der Waals surface area contributed by atoms with Crippen molar-refractivity contribution in [2.24, 2.45) is 0 Å². The number of aliphatic hydroxyl groups excluding tert-OH is 1. The minimum Gasteiger partial charge on any atom is -0.496 e. The van der Waals surface area contributed by atoms with Crippen LogP contribution in [0.5, 0.6) is 5.75 Å². The van der Waals surface area contributed by atoms with E-state index in [1.54, 1.807) is 7.11 Å². The average molecular weight is 264 g/mol. The van der Waals surface area contributed by atoms with E-state index in [1.165, 1.54) is 19.3 Å². The van der Waals surface area contributed by atoms with E-state index in [-0.39, 0.29) is 12.6 Å². The Hall–Kier alpha value is -1.26. The molecule has 0 amide bonds. The van der Waals surface area contributed by atoms with Gasteiger partial charge in [-0.15, -0.1) is 0 Å². The quantitative estimate of drug-likeness (QED) is 0.817. The number of nitrogen functional groups attached to an aromatic ring is 1. The molecule has 2 rings (SSSR count). The Labute approximate surface area is 115 Å². The van der Waals surface area contributed by atoms with Gasteiger partial charge in [-0.2, -0.15) is 0 Å². The van der Waals surface area contributed by atoms with E-state index in [2.05, 4.69) is 4.90 Å². The Bertz CT molecular complexity index is 409. The van der Waals surface area contributed by atoms with Crippen molar-refractivity contribution in [2.45, 2.75) is 38.3 Å². The minimum atomic E-state index is 0.233. The molecule has 1 heterocycles. The van der Waals surface area contributed by atoms with Gasteiger partial charge in [0.05, 0.1) is 13.7 Å². The fourth-order valence-corrected chi connectivity index (χ4v) is 2.76. The van der Waals surface area contributed by atoms with Crippen LogP contribution in [0.2, 0.25) is 0 Å². The van der Waals surface area contributed by atoms with Crippen LogP contribution >= 0.6 is 0 Å². The largest absolute Gasteiger partial charge is 0.496 e. The summed E-state index contributed by atoms with van der Waals surface area (Å²) in [5.41, 5.74) is 7.63. The number of ether oxygens (including phenoxy) is 1. The third kappa shape index (κ3) is 3.61. The van der Waals surface area contributed by atoms with Crippen LogP contribution in [0, 0.1) is 0 Å². The van der Waals surface area contributed by atoms with Gasteiger partial charge in [-0.3, -0.25) is 4.90 Å². The number of anilines is 1. The highest BCUT2D eigenvalue weighted by atomic mass is 16.5. The number of hydrogen-bond acceptors (Lipinski definition) is 4. The molecular formula is C15H24N2O2. The van der Waals surface area contributed by atoms with Crippen LogP contribution in [0.1, 0.15) is 31.2 Å². The van der Waals surface area contributed by atoms with Crippen molar-refractivity contribution in [3.63, 3.8) is 0 Å². The number of likely N-dealkylation sites (tertiary alicyclic amines) is 1. The molecule has 19 heavy (non-hydrogen) atoms. The van der Waals surface area contributed by atoms with Gasteiger partial charge in [-0.25, -0.2) is 0 Å². The van der Waals surface area contributed by atoms with Crippen molar-refractivity contribution in [2.75, 3.05) is 26.0 Å². The molecule has 4 heteroatoms. The van der Waals surface area contributed by atoms with E-state index in [1.807, 2.05) is 18.2 Å². The maximum atomic E-state index is 9.54. The summed E-state index contributed by atoms with van der Waals surface area (Å²) in [4.78, 5) is 2.36. The van der Waals surface area contributed by atoms with Crippen molar-refractivity contribution >= 4 is 5.69 Å². The van der Waals surface area contributed by atoms with E-state index in [9.17, 15) is 5.11 Å². The van der Waals surface area contributed by atoms with Gasteiger partial charge in [0.1, 0.15) is 5.75 Å². The van der Waals surface area contributed by atoms with Gasteiger partial charge in [0.25, 0.3) is 0 Å². The number of rotatable bonds is 4. The van der Waals surface area contributed by atoms with Gasteiger partial charge in [0.15, 0.2) is 0 Å². The van der Waals surface area contributed by atoms with E-state index < -0.39 is 0 Å². The van der Waals surface area contributed by atoms with Crippen LogP contribution in [-0.2, 0) is 6.54 Å². The molecule has 1 saturated heterocycles. The Morgan fingerprint density at radius 2 is 2.21 bits per heavy atom. The molecule has 1 fully saturated rings. The SMILES string of the molecule is COc1cc(N)ccc1CN1CCCCCC1CO. The molecule has 1 atom stereocenters. The van der Waals surface area contributed by atoms with Gasteiger partial charge < -0.3 is 15.6 Å². The van der Waals surface area contributed by atoms with E-state index in [0.717, 1.165) is 36.5 Å². The summed E-state index contributed by atoms with van der Waals surface area (Å²) < 4.78 is 5.40. The zero-order valence-corrected chi connectivity index (χ0v) is 11.6. The summed E-state index contributed by atoms with van der Waals surface area (Å²) in [6.45, 7) is 2.09. The summed E-state index contributed by atoms with van der Waals surface area (Å²) in [5.74, 6) is 0.834. The lowest BCUT2D eigenvalue weighted by Gasteiger charge is -2.29. The van der Waals surface area contributed by atoms with Crippen molar-refractivity contribution in [3.8, 4) is 5.75 Å². The van der Waals surface area contributed by atoms with Gasteiger partial charge in [-0.1, -0.05) is 18.9 Å². The molecule has 1 aromatic carbocycles. The number of methoxy groups -OCH3 is 1. The lowest BCUT2D eigenvalue weighted by Crippen LogP contribution is -2.37. The van der Waals surface area contributed by atoms with Crippen molar-refractivity contribution < 1.29 is 9.84 Å². The predicted octanol–water partition coefficient (Wildman–Crippen LogP) is 2.01. The number of benzene rings is 1. The zero-order chi connectivity index (χ0) is 13.7. The van der Waals surface area contributed by atoms with Crippen molar-refractivity contribution in [1.29, 1.82) is 0 Å². The third-order valence-corrected chi connectivity index (χ3v) is 3.89. The second-order valence-electron chi connectivity index (χ2n) is 5.23. The number of aliphatic hydroxyl groups is 1. The molecule has 0 aromatic heterocycles. The summed E-state index contributed by atoms with van der Waals surface area (Å²) in [7, 11) is 1.67. The normalized spacial score (nSPS) is 21.1. The van der Waals surface area contributed by atoms with Crippen LogP contribution in [0.4, 0.5) is 5.69 Å². The summed E-state index contributed by atoms with van der Waals surface area (Å²) in [6.07, 6.45) is 4.74. The molecule has 0 aliphatic carbocycles. The topological polar surface area (TPSA) is 58.7 Å². The highest BCUT2D eigenvalue weighted by molar-refractivity contribution is 5.48. The molecule has 0 saturated carbocycles. The highest BCUT2D eigenvalue weighted by Crippen LogP contribution is 2.26. The fraction of sp³-hybridized carbons (Fsp3) is 0.600. The first-order chi connectivity index (χ1) is 9.24. The van der Waals surface area contributed by atoms with Crippen LogP contribution in [0.15, 0.2) is 18.2 Å². The minimum absolute atomic E-state index is 0.233. The second-order valence-corrected chi connectivity index (χ2v) is 5.23. The molecule has 1 aliphatic rings. The monoisotopic (exact) mass is 264 g/mol. The Morgan fingerprint density at radius 3 is 2.95 bits per heavy atom. The maximum Gasteiger partial charge on any atom is 0.125 e. The average Bonchev–Trinajstić information content (AvgIpc) is 2.65. The van der Waals surface area contributed by atoms with Crippen LogP contribution in [-0.4, -0.2) is 36.3 Å². The van der Waals surface area contributed by atoms with Gasteiger partial charge in [0.2, 0.25) is 0 Å². The number of hydrogen-bond donors (Lipinski definition) is 2. The first-order valence-corrected chi connectivity index (χ1v) is 7.02. The molecule has 4 nitrogen and oxygen atoms in total. The lowest BCUT2D eigenvalue weighted by molar-refractivity contribution is 0.117. The molecule has 0 radical (unpaired) electrons. The molecule has 1 aromatic rings. The van der Waals surface area contributed by atoms with Gasteiger partial charge >= 0.3 is 0 Å². The summed E-state index contributed by atoms with van der Waals surface area (Å²) >= 11 is 0. The van der Waals surface area contributed by atoms with E-state index >= 15 is 0 Å². The zero-order valence-electron chi connectivity index (χ0n) is 11.6. The molecule has 106 valence electrons. The molecule has 1 unspecified atom stereocenters. The molecular weight excluding hydrogens is 240 g/mol. The Kier molecular flexibility index (Phi) is 5.05. The van der Waals surface area contributed by atoms with E-state index in [0.29, 0.717) is 0 Å². The predicted molar refractivity (Wildman–Crippen MR) is 77.2 cm³/mol. The van der Waals surface area contributed by atoms with Crippen LogP contribution in [0.25, 0.3) is 0 Å². The van der Waals surface area contributed by atoms with Gasteiger partial charge in [-0.05, 0) is 25.5 Å². The maximum absolute atomic E-state index is 9.54. The van der Waals surface area contributed by atoms with Crippen LogP contribution in [0.3, 0.4) is 0 Å². The van der Waals surface area contributed by atoms with Crippen LogP contribution < -0.4 is 10.5 Å².